The van der Waals surface area contributed by atoms with Crippen LogP contribution < -0.4 is 15.5 Å². The molecule has 8 nitrogen and oxygen atoms in total. The molecular formula is C25H27N5O3S. The highest BCUT2D eigenvalue weighted by molar-refractivity contribution is 7.15. The highest BCUT2D eigenvalue weighted by Gasteiger charge is 2.34. The zero-order chi connectivity index (χ0) is 24.2. The average Bonchev–Trinajstić information content (AvgIpc) is 3.43. The van der Waals surface area contributed by atoms with Crippen molar-refractivity contribution >= 4 is 45.6 Å². The van der Waals surface area contributed by atoms with Gasteiger partial charge in [0.2, 0.25) is 16.9 Å². The third-order valence-electron chi connectivity index (χ3n) is 5.85. The number of hydrogen-bond donors (Lipinski definition) is 2. The van der Waals surface area contributed by atoms with Gasteiger partial charge >= 0.3 is 0 Å². The van der Waals surface area contributed by atoms with E-state index in [-0.39, 0.29) is 23.6 Å². The summed E-state index contributed by atoms with van der Waals surface area (Å²) in [7, 11) is 0. The molecule has 0 saturated carbocycles. The molecule has 1 aliphatic heterocycles. The lowest BCUT2D eigenvalue weighted by Crippen LogP contribution is -2.24. The number of anilines is 3. The molecule has 2 heterocycles. The van der Waals surface area contributed by atoms with E-state index in [1.165, 1.54) is 16.9 Å². The number of nitrogens with one attached hydrogen (secondary N) is 2. The topological polar surface area (TPSA) is 104 Å². The van der Waals surface area contributed by atoms with Crippen molar-refractivity contribution in [3.8, 4) is 0 Å². The standard InChI is InChI=1S/C25H27N5O3S/c1-4-5-21(31)26-19-9-7-17(8-10-19)23(33)27-25-29-28-24(34-25)18-13-22(32)30(14-18)20-11-6-15(2)16(3)12-20/h6-12,18H,4-5,13-14H2,1-3H3,(H,26,31)(H,27,29,33)/t18-/m1/s1. The number of amides is 3. The monoisotopic (exact) mass is 477 g/mol. The molecule has 1 aromatic heterocycles. The van der Waals surface area contributed by atoms with Gasteiger partial charge in [-0.25, -0.2) is 0 Å². The van der Waals surface area contributed by atoms with Crippen LogP contribution in [0.3, 0.4) is 0 Å². The van der Waals surface area contributed by atoms with Crippen LogP contribution in [-0.4, -0.2) is 34.5 Å². The first kappa shape index (κ1) is 23.6. The molecule has 1 saturated heterocycles. The van der Waals surface area contributed by atoms with E-state index in [1.54, 1.807) is 29.2 Å². The predicted octanol–water partition coefficient (Wildman–Crippen LogP) is 4.67. The number of carbonyl (C=O) groups excluding carboxylic acids is 3. The average molecular weight is 478 g/mol. The minimum atomic E-state index is -0.312. The van der Waals surface area contributed by atoms with Crippen molar-refractivity contribution < 1.29 is 14.4 Å². The molecule has 1 fully saturated rings. The molecule has 2 N–H and O–H groups in total. The molecule has 3 amide bonds. The van der Waals surface area contributed by atoms with E-state index in [2.05, 4.69) is 20.8 Å². The molecule has 1 aliphatic rings. The van der Waals surface area contributed by atoms with Crippen LogP contribution in [0.5, 0.6) is 0 Å². The molecule has 0 aliphatic carbocycles. The first-order chi connectivity index (χ1) is 16.3. The molecule has 9 heteroatoms. The molecule has 1 atom stereocenters. The third-order valence-corrected chi connectivity index (χ3v) is 6.85. The lowest BCUT2D eigenvalue weighted by atomic mass is 10.1. The Bertz CT molecular complexity index is 1220. The van der Waals surface area contributed by atoms with Crippen LogP contribution in [0.25, 0.3) is 0 Å². The van der Waals surface area contributed by atoms with Crippen molar-refractivity contribution in [3.63, 3.8) is 0 Å². The second kappa shape index (κ2) is 10.1. The normalized spacial score (nSPS) is 15.4. The minimum absolute atomic E-state index is 0.0532. The number of aryl methyl sites for hydroxylation is 2. The Morgan fingerprint density at radius 2 is 1.82 bits per heavy atom. The Balaban J connectivity index is 1.38. The smallest absolute Gasteiger partial charge is 0.257 e. The number of carbonyl (C=O) groups is 3. The maximum atomic E-state index is 12.6. The maximum Gasteiger partial charge on any atom is 0.257 e. The SMILES string of the molecule is CCCC(=O)Nc1ccc(C(=O)Nc2nnc([C@@H]3CC(=O)N(c4ccc(C)c(C)c4)C3)s2)cc1. The Morgan fingerprint density at radius 3 is 2.53 bits per heavy atom. The van der Waals surface area contributed by atoms with Crippen molar-refractivity contribution in [1.82, 2.24) is 10.2 Å². The highest BCUT2D eigenvalue weighted by Crippen LogP contribution is 2.34. The first-order valence-corrected chi connectivity index (χ1v) is 12.1. The van der Waals surface area contributed by atoms with Crippen LogP contribution in [-0.2, 0) is 9.59 Å². The summed E-state index contributed by atoms with van der Waals surface area (Å²) >= 11 is 1.28. The molecule has 4 rings (SSSR count). The van der Waals surface area contributed by atoms with Gasteiger partial charge in [0.25, 0.3) is 5.91 Å². The van der Waals surface area contributed by atoms with Crippen LogP contribution in [0.1, 0.15) is 58.6 Å². The van der Waals surface area contributed by atoms with Crippen LogP contribution in [0.15, 0.2) is 42.5 Å². The maximum absolute atomic E-state index is 12.6. The van der Waals surface area contributed by atoms with Crippen molar-refractivity contribution in [3.05, 3.63) is 64.2 Å². The Kier molecular flexibility index (Phi) is 7.02. The quantitative estimate of drug-likeness (QED) is 0.515. The largest absolute Gasteiger partial charge is 0.326 e. The summed E-state index contributed by atoms with van der Waals surface area (Å²) < 4.78 is 0. The number of hydrogen-bond acceptors (Lipinski definition) is 6. The molecule has 3 aromatic rings. The number of benzene rings is 2. The van der Waals surface area contributed by atoms with Gasteiger partial charge in [-0.05, 0) is 67.8 Å². The predicted molar refractivity (Wildman–Crippen MR) is 133 cm³/mol. The van der Waals surface area contributed by atoms with Crippen LogP contribution in [0.4, 0.5) is 16.5 Å². The molecule has 2 aromatic carbocycles. The van der Waals surface area contributed by atoms with E-state index in [9.17, 15) is 14.4 Å². The minimum Gasteiger partial charge on any atom is -0.326 e. The van der Waals surface area contributed by atoms with Gasteiger partial charge in [-0.3, -0.25) is 19.7 Å². The second-order valence-corrected chi connectivity index (χ2v) is 9.46. The van der Waals surface area contributed by atoms with Gasteiger partial charge in [0.15, 0.2) is 0 Å². The molecule has 34 heavy (non-hydrogen) atoms. The number of aromatic nitrogens is 2. The van der Waals surface area contributed by atoms with Crippen LogP contribution >= 0.6 is 11.3 Å². The first-order valence-electron chi connectivity index (χ1n) is 11.3. The Morgan fingerprint density at radius 1 is 1.06 bits per heavy atom. The Labute approximate surface area is 202 Å². The van der Waals surface area contributed by atoms with Crippen LogP contribution in [0, 0.1) is 13.8 Å². The lowest BCUT2D eigenvalue weighted by Gasteiger charge is -2.17. The molecule has 0 bridgehead atoms. The fourth-order valence-electron chi connectivity index (χ4n) is 3.79. The second-order valence-electron chi connectivity index (χ2n) is 8.45. The summed E-state index contributed by atoms with van der Waals surface area (Å²) in [6, 6.07) is 12.7. The zero-order valence-electron chi connectivity index (χ0n) is 19.4. The van der Waals surface area contributed by atoms with Gasteiger partial charge < -0.3 is 10.2 Å². The fraction of sp³-hybridized carbons (Fsp3) is 0.320. The van der Waals surface area contributed by atoms with Crippen molar-refractivity contribution in [2.75, 3.05) is 22.1 Å². The van der Waals surface area contributed by atoms with Gasteiger partial charge in [-0.2, -0.15) is 0 Å². The number of rotatable bonds is 7. The van der Waals surface area contributed by atoms with Gasteiger partial charge in [-0.1, -0.05) is 24.3 Å². The molecule has 0 spiro atoms. The highest BCUT2D eigenvalue weighted by atomic mass is 32.1. The zero-order valence-corrected chi connectivity index (χ0v) is 20.2. The van der Waals surface area contributed by atoms with Gasteiger partial charge in [0.1, 0.15) is 5.01 Å². The number of nitrogens with zero attached hydrogens (tertiary/aromatic N) is 3. The summed E-state index contributed by atoms with van der Waals surface area (Å²) in [4.78, 5) is 38.7. The van der Waals surface area contributed by atoms with Gasteiger partial charge in [0.05, 0.1) is 0 Å². The third kappa shape index (κ3) is 5.31. The van der Waals surface area contributed by atoms with E-state index < -0.39 is 0 Å². The van der Waals surface area contributed by atoms with Crippen LogP contribution in [0.2, 0.25) is 0 Å². The van der Waals surface area contributed by atoms with Gasteiger partial charge in [0, 0.05) is 42.2 Å². The summed E-state index contributed by atoms with van der Waals surface area (Å²) in [5.74, 6) is -0.376. The molecule has 176 valence electrons. The summed E-state index contributed by atoms with van der Waals surface area (Å²) in [5.41, 5.74) is 4.32. The molecule has 0 unspecified atom stereocenters. The van der Waals surface area contributed by atoms with E-state index >= 15 is 0 Å². The van der Waals surface area contributed by atoms with Crippen molar-refractivity contribution in [2.45, 2.75) is 46.0 Å². The Hall–Kier alpha value is -3.59. The summed E-state index contributed by atoms with van der Waals surface area (Å²) in [6.07, 6.45) is 1.59. The van der Waals surface area contributed by atoms with E-state index in [1.807, 2.05) is 39.0 Å². The van der Waals surface area contributed by atoms with Gasteiger partial charge in [-0.15, -0.1) is 10.2 Å². The molecular weight excluding hydrogens is 450 g/mol. The lowest BCUT2D eigenvalue weighted by molar-refractivity contribution is -0.117. The van der Waals surface area contributed by atoms with E-state index in [0.29, 0.717) is 35.8 Å². The summed E-state index contributed by atoms with van der Waals surface area (Å²) in [6.45, 7) is 6.56. The van der Waals surface area contributed by atoms with E-state index in [4.69, 9.17) is 0 Å². The fourth-order valence-corrected chi connectivity index (χ4v) is 4.62. The molecule has 0 radical (unpaired) electrons. The van der Waals surface area contributed by atoms with Crippen molar-refractivity contribution in [2.24, 2.45) is 0 Å². The summed E-state index contributed by atoms with van der Waals surface area (Å²) in [5, 5.41) is 15.0. The van der Waals surface area contributed by atoms with Crippen molar-refractivity contribution in [1.29, 1.82) is 0 Å². The van der Waals surface area contributed by atoms with E-state index in [0.717, 1.165) is 22.7 Å².